The molecule has 1 aromatic heterocycles. The molecule has 36 heavy (non-hydrogen) atoms. The maximum Gasteiger partial charge on any atom is 0.310 e. The minimum Gasteiger partial charge on any atom is -0.460 e. The van der Waals surface area contributed by atoms with Crippen molar-refractivity contribution in [3.05, 3.63) is 41.6 Å². The van der Waals surface area contributed by atoms with E-state index < -0.39 is 21.5 Å². The van der Waals surface area contributed by atoms with Crippen LogP contribution in [0.25, 0.3) is 10.9 Å². The van der Waals surface area contributed by atoms with Gasteiger partial charge in [0.05, 0.1) is 29.9 Å². The van der Waals surface area contributed by atoms with Crippen molar-refractivity contribution in [1.82, 2.24) is 9.29 Å². The molecule has 2 heterocycles. The van der Waals surface area contributed by atoms with E-state index in [1.54, 1.807) is 4.31 Å². The van der Waals surface area contributed by atoms with Crippen LogP contribution in [-0.4, -0.2) is 54.2 Å². The van der Waals surface area contributed by atoms with E-state index in [2.05, 4.69) is 17.1 Å². The van der Waals surface area contributed by atoms with Gasteiger partial charge in [0.2, 0.25) is 10.0 Å². The highest BCUT2D eigenvalue weighted by Gasteiger charge is 2.39. The number of benzene rings is 1. The number of fused-ring (bicyclic) bond motifs is 1. The molecule has 0 radical (unpaired) electrons. The Labute approximate surface area is 215 Å². The molecule has 2 aliphatic rings. The number of aromatic nitrogens is 1. The summed E-state index contributed by atoms with van der Waals surface area (Å²) >= 11 is 0. The highest BCUT2D eigenvalue weighted by molar-refractivity contribution is 7.89. The van der Waals surface area contributed by atoms with Gasteiger partial charge in [-0.25, -0.2) is 12.7 Å². The SMILES string of the molecule is Cc1cc(COC2CCN(S(=O)(=O)CC(C(=O)OC(C)(C)C)C3CCCC3)CC2)c2ccccc2n1. The molecule has 7 nitrogen and oxygen atoms in total. The Morgan fingerprint density at radius 1 is 1.11 bits per heavy atom. The third-order valence-corrected chi connectivity index (χ3v) is 9.20. The number of piperidine rings is 1. The van der Waals surface area contributed by atoms with Crippen LogP contribution in [0, 0.1) is 18.8 Å². The number of hydrogen-bond acceptors (Lipinski definition) is 6. The summed E-state index contributed by atoms with van der Waals surface area (Å²) in [4.78, 5) is 17.6. The van der Waals surface area contributed by atoms with E-state index in [1.165, 1.54) is 0 Å². The number of rotatable bonds is 8. The van der Waals surface area contributed by atoms with Crippen LogP contribution in [0.3, 0.4) is 0 Å². The number of nitrogens with zero attached hydrogens (tertiary/aromatic N) is 2. The number of aryl methyl sites for hydroxylation is 1. The summed E-state index contributed by atoms with van der Waals surface area (Å²) in [7, 11) is -3.58. The van der Waals surface area contributed by atoms with Gasteiger partial charge in [-0.1, -0.05) is 31.0 Å². The zero-order chi connectivity index (χ0) is 25.9. The number of pyridine rings is 1. The minimum absolute atomic E-state index is 0.000156. The van der Waals surface area contributed by atoms with Crippen molar-refractivity contribution >= 4 is 26.9 Å². The van der Waals surface area contributed by atoms with E-state index >= 15 is 0 Å². The molecule has 2 fully saturated rings. The highest BCUT2D eigenvalue weighted by atomic mass is 32.2. The van der Waals surface area contributed by atoms with Gasteiger partial charge in [0.15, 0.2) is 0 Å². The van der Waals surface area contributed by atoms with E-state index in [9.17, 15) is 13.2 Å². The van der Waals surface area contributed by atoms with Gasteiger partial charge in [0.25, 0.3) is 0 Å². The maximum absolute atomic E-state index is 13.4. The first-order valence-corrected chi connectivity index (χ1v) is 14.8. The lowest BCUT2D eigenvalue weighted by Crippen LogP contribution is -2.45. The van der Waals surface area contributed by atoms with Crippen molar-refractivity contribution in [1.29, 1.82) is 0 Å². The Bertz CT molecular complexity index is 1160. The summed E-state index contributed by atoms with van der Waals surface area (Å²) < 4.78 is 40.1. The Morgan fingerprint density at radius 2 is 1.78 bits per heavy atom. The monoisotopic (exact) mass is 516 g/mol. The third kappa shape index (κ3) is 6.84. The summed E-state index contributed by atoms with van der Waals surface area (Å²) in [6.45, 7) is 8.76. The molecule has 1 saturated heterocycles. The fourth-order valence-corrected chi connectivity index (χ4v) is 7.30. The molecule has 1 aromatic carbocycles. The summed E-state index contributed by atoms with van der Waals surface area (Å²) in [5.74, 6) is -1.07. The second kappa shape index (κ2) is 11.2. The van der Waals surface area contributed by atoms with E-state index in [-0.39, 0.29) is 23.7 Å². The molecule has 1 saturated carbocycles. The Hall–Kier alpha value is -2.03. The van der Waals surface area contributed by atoms with Gasteiger partial charge in [-0.15, -0.1) is 0 Å². The molecule has 1 atom stereocenters. The van der Waals surface area contributed by atoms with Crippen LogP contribution >= 0.6 is 0 Å². The molecular weight excluding hydrogens is 476 g/mol. The third-order valence-electron chi connectivity index (χ3n) is 7.27. The van der Waals surface area contributed by atoms with Crippen LogP contribution in [0.1, 0.15) is 70.6 Å². The molecule has 2 aromatic rings. The number of esters is 1. The number of para-hydroxylation sites is 1. The molecule has 1 unspecified atom stereocenters. The van der Waals surface area contributed by atoms with Crippen LogP contribution in [0.15, 0.2) is 30.3 Å². The summed E-state index contributed by atoms with van der Waals surface area (Å²) in [5, 5.41) is 1.09. The predicted molar refractivity (Wildman–Crippen MR) is 141 cm³/mol. The van der Waals surface area contributed by atoms with Crippen molar-refractivity contribution in [2.45, 2.75) is 84.5 Å². The largest absolute Gasteiger partial charge is 0.460 e. The van der Waals surface area contributed by atoms with E-state index in [1.807, 2.05) is 45.9 Å². The van der Waals surface area contributed by atoms with E-state index in [0.29, 0.717) is 32.5 Å². The van der Waals surface area contributed by atoms with Crippen LogP contribution in [-0.2, 0) is 30.9 Å². The number of sulfonamides is 1. The zero-order valence-corrected chi connectivity index (χ0v) is 22.9. The first-order valence-electron chi connectivity index (χ1n) is 13.2. The quantitative estimate of drug-likeness (QED) is 0.459. The summed E-state index contributed by atoms with van der Waals surface area (Å²) in [5.41, 5.74) is 2.38. The molecule has 0 spiro atoms. The van der Waals surface area contributed by atoms with Crippen LogP contribution in [0.2, 0.25) is 0 Å². The fraction of sp³-hybridized carbons (Fsp3) is 0.643. The van der Waals surface area contributed by atoms with Crippen LogP contribution in [0.5, 0.6) is 0 Å². The molecule has 4 rings (SSSR count). The number of carbonyl (C=O) groups is 1. The zero-order valence-electron chi connectivity index (χ0n) is 22.0. The van der Waals surface area contributed by atoms with Gasteiger partial charge in [0, 0.05) is 24.2 Å². The van der Waals surface area contributed by atoms with Gasteiger partial charge < -0.3 is 9.47 Å². The standard InChI is InChI=1S/C28H40N2O5S/c1-20-17-22(24-11-7-8-12-26(24)29-20)18-34-23-13-15-30(16-14-23)36(32,33)19-25(21-9-5-6-10-21)27(31)35-28(2,3)4/h7-8,11-12,17,21,23,25H,5-6,9-10,13-16,18-19H2,1-4H3. The van der Waals surface area contributed by atoms with Crippen molar-refractivity contribution in [2.24, 2.45) is 11.8 Å². The van der Waals surface area contributed by atoms with Crippen molar-refractivity contribution < 1.29 is 22.7 Å². The lowest BCUT2D eigenvalue weighted by atomic mass is 9.92. The highest BCUT2D eigenvalue weighted by Crippen LogP contribution is 2.34. The molecule has 1 aliphatic heterocycles. The first-order chi connectivity index (χ1) is 17.0. The normalized spacial score (nSPS) is 19.6. The number of ether oxygens (including phenoxy) is 2. The average Bonchev–Trinajstić information content (AvgIpc) is 3.35. The summed E-state index contributed by atoms with van der Waals surface area (Å²) in [6.07, 6.45) is 5.14. The van der Waals surface area contributed by atoms with Gasteiger partial charge in [-0.2, -0.15) is 0 Å². The van der Waals surface area contributed by atoms with Crippen molar-refractivity contribution in [3.63, 3.8) is 0 Å². The lowest BCUT2D eigenvalue weighted by molar-refractivity contribution is -0.161. The Kier molecular flexibility index (Phi) is 8.37. The molecule has 198 valence electrons. The topological polar surface area (TPSA) is 85.8 Å². The van der Waals surface area contributed by atoms with Crippen LogP contribution in [0.4, 0.5) is 0 Å². The smallest absolute Gasteiger partial charge is 0.310 e. The first kappa shape index (κ1) is 27.0. The van der Waals surface area contributed by atoms with Crippen molar-refractivity contribution in [2.75, 3.05) is 18.8 Å². The number of hydrogen-bond donors (Lipinski definition) is 0. The predicted octanol–water partition coefficient (Wildman–Crippen LogP) is 5.00. The van der Waals surface area contributed by atoms with Gasteiger partial charge in [0.1, 0.15) is 5.60 Å². The van der Waals surface area contributed by atoms with E-state index in [0.717, 1.165) is 47.8 Å². The van der Waals surface area contributed by atoms with Gasteiger partial charge in [-0.3, -0.25) is 9.78 Å². The van der Waals surface area contributed by atoms with Gasteiger partial charge in [-0.05, 0) is 77.0 Å². The molecule has 1 aliphatic carbocycles. The average molecular weight is 517 g/mol. The molecular formula is C28H40N2O5S. The molecule has 0 N–H and O–H groups in total. The minimum atomic E-state index is -3.58. The lowest BCUT2D eigenvalue weighted by Gasteiger charge is -2.33. The van der Waals surface area contributed by atoms with E-state index in [4.69, 9.17) is 9.47 Å². The Balaban J connectivity index is 1.35. The van der Waals surface area contributed by atoms with Crippen molar-refractivity contribution in [3.8, 4) is 0 Å². The Morgan fingerprint density at radius 3 is 2.44 bits per heavy atom. The molecule has 8 heteroatoms. The molecule has 0 amide bonds. The van der Waals surface area contributed by atoms with Crippen LogP contribution < -0.4 is 0 Å². The second-order valence-electron chi connectivity index (χ2n) is 11.3. The van der Waals surface area contributed by atoms with Gasteiger partial charge >= 0.3 is 5.97 Å². The maximum atomic E-state index is 13.4. The second-order valence-corrected chi connectivity index (χ2v) is 13.3. The molecule has 0 bridgehead atoms. The summed E-state index contributed by atoms with van der Waals surface area (Å²) in [6, 6.07) is 10.1. The fourth-order valence-electron chi connectivity index (χ4n) is 5.46. The number of carbonyl (C=O) groups excluding carboxylic acids is 1.